The van der Waals surface area contributed by atoms with Gasteiger partial charge in [-0.05, 0) is 63.0 Å². The molecule has 0 spiro atoms. The van der Waals surface area contributed by atoms with Gasteiger partial charge in [0.15, 0.2) is 0 Å². The Labute approximate surface area is 148 Å². The fourth-order valence-electron chi connectivity index (χ4n) is 4.50. The van der Waals surface area contributed by atoms with Crippen LogP contribution in [0, 0.1) is 5.92 Å². The van der Waals surface area contributed by atoms with Gasteiger partial charge in [-0.2, -0.15) is 0 Å². The van der Waals surface area contributed by atoms with Crippen molar-refractivity contribution < 1.29 is 4.79 Å². The summed E-state index contributed by atoms with van der Waals surface area (Å²) in [5, 5.41) is 3.31. The van der Waals surface area contributed by atoms with Crippen molar-refractivity contribution in [2.24, 2.45) is 13.0 Å². The summed E-state index contributed by atoms with van der Waals surface area (Å²) < 4.78 is 1.95. The molecule has 3 fully saturated rings. The van der Waals surface area contributed by atoms with Gasteiger partial charge in [0.05, 0.1) is 0 Å². The van der Waals surface area contributed by atoms with Gasteiger partial charge in [0.1, 0.15) is 5.69 Å². The van der Waals surface area contributed by atoms with Crippen molar-refractivity contribution >= 4 is 11.6 Å². The van der Waals surface area contributed by atoms with Gasteiger partial charge in [0.25, 0.3) is 5.91 Å². The summed E-state index contributed by atoms with van der Waals surface area (Å²) in [5.74, 6) is 0.626. The number of nitrogens with one attached hydrogen (secondary N) is 1. The number of benzene rings is 1. The van der Waals surface area contributed by atoms with E-state index in [0.29, 0.717) is 17.7 Å². The predicted octanol–water partition coefficient (Wildman–Crippen LogP) is 2.49. The summed E-state index contributed by atoms with van der Waals surface area (Å²) in [6, 6.07) is 12.3. The summed E-state index contributed by atoms with van der Waals surface area (Å²) in [4.78, 5) is 15.4. The van der Waals surface area contributed by atoms with Crippen LogP contribution in [0.25, 0.3) is 11.3 Å². The third kappa shape index (κ3) is 2.82. The maximum absolute atomic E-state index is 12.9. The number of amides is 1. The minimum atomic E-state index is 0.0169. The van der Waals surface area contributed by atoms with Gasteiger partial charge in [-0.15, -0.1) is 0 Å². The number of hydrogen-bond acceptors (Lipinski definition) is 3. The summed E-state index contributed by atoms with van der Waals surface area (Å²) in [6.45, 7) is 4.57. The Bertz CT molecular complexity index is 787. The zero-order chi connectivity index (χ0) is 17.6. The Morgan fingerprint density at radius 1 is 1.20 bits per heavy atom. The molecule has 3 saturated heterocycles. The first-order valence-electron chi connectivity index (χ1n) is 9.11. The number of hydrogen-bond donors (Lipinski definition) is 2. The van der Waals surface area contributed by atoms with E-state index in [9.17, 15) is 4.79 Å². The van der Waals surface area contributed by atoms with E-state index in [1.165, 1.54) is 25.9 Å². The minimum absolute atomic E-state index is 0.0169. The van der Waals surface area contributed by atoms with E-state index in [2.05, 4.69) is 17.1 Å². The van der Waals surface area contributed by atoms with E-state index in [4.69, 9.17) is 5.73 Å². The number of carbonyl (C=O) groups is 1. The molecule has 5 nitrogen and oxygen atoms in total. The first-order chi connectivity index (χ1) is 12.0. The number of piperidine rings is 3. The van der Waals surface area contributed by atoms with Crippen LogP contribution in [0.1, 0.15) is 30.3 Å². The number of nitrogens with zero attached hydrogens (tertiary/aromatic N) is 2. The van der Waals surface area contributed by atoms with Crippen molar-refractivity contribution in [3.8, 4) is 11.3 Å². The second-order valence-electron chi connectivity index (χ2n) is 7.40. The molecule has 2 atom stereocenters. The fraction of sp³-hybridized carbons (Fsp3) is 0.450. The summed E-state index contributed by atoms with van der Waals surface area (Å²) in [6.07, 6.45) is 2.38. The Morgan fingerprint density at radius 3 is 2.64 bits per heavy atom. The molecule has 3 N–H and O–H groups in total. The lowest BCUT2D eigenvalue weighted by Gasteiger charge is -2.49. The highest BCUT2D eigenvalue weighted by molar-refractivity contribution is 5.94. The zero-order valence-corrected chi connectivity index (χ0v) is 14.9. The molecule has 0 radical (unpaired) electrons. The standard InChI is InChI=1S/C20H26N4O/c1-13-19(14-8-10-24(13)11-9-14)22-20(25)18-7-6-17(23(18)2)15-4-3-5-16(21)12-15/h3-7,12-14,19H,8-11,21H2,1-2H3,(H,22,25)/t13-,19+/m1/s1. The first kappa shape index (κ1) is 16.2. The molecule has 0 saturated carbocycles. The van der Waals surface area contributed by atoms with Crippen molar-refractivity contribution in [3.05, 3.63) is 42.1 Å². The lowest BCUT2D eigenvalue weighted by molar-refractivity contribution is 0.0215. The zero-order valence-electron chi connectivity index (χ0n) is 14.9. The van der Waals surface area contributed by atoms with Gasteiger partial charge >= 0.3 is 0 Å². The van der Waals surface area contributed by atoms with E-state index in [1.807, 2.05) is 48.0 Å². The molecular formula is C20H26N4O. The molecule has 4 heterocycles. The fourth-order valence-corrected chi connectivity index (χ4v) is 4.50. The van der Waals surface area contributed by atoms with E-state index in [-0.39, 0.29) is 11.9 Å². The number of nitrogens with two attached hydrogens (primary N) is 1. The van der Waals surface area contributed by atoms with Crippen molar-refractivity contribution in [1.29, 1.82) is 0 Å². The van der Waals surface area contributed by atoms with E-state index >= 15 is 0 Å². The number of aromatic nitrogens is 1. The number of carbonyl (C=O) groups excluding carboxylic acids is 1. The number of rotatable bonds is 3. The number of fused-ring (bicyclic) bond motifs is 3. The average Bonchev–Trinajstić information content (AvgIpc) is 3.00. The van der Waals surface area contributed by atoms with Crippen LogP contribution in [0.15, 0.2) is 36.4 Å². The number of nitrogen functional groups attached to an aromatic ring is 1. The van der Waals surface area contributed by atoms with Crippen LogP contribution in [-0.4, -0.2) is 40.5 Å². The lowest BCUT2D eigenvalue weighted by Crippen LogP contribution is -2.62. The van der Waals surface area contributed by atoms with Crippen LogP contribution in [0.5, 0.6) is 0 Å². The molecule has 1 aromatic heterocycles. The van der Waals surface area contributed by atoms with Gasteiger partial charge in [-0.1, -0.05) is 12.1 Å². The Balaban J connectivity index is 1.55. The lowest BCUT2D eigenvalue weighted by atomic mass is 9.79. The van der Waals surface area contributed by atoms with Crippen LogP contribution >= 0.6 is 0 Å². The molecule has 2 aromatic rings. The second kappa shape index (κ2) is 6.23. The largest absolute Gasteiger partial charge is 0.399 e. The number of anilines is 1. The molecule has 5 rings (SSSR count). The summed E-state index contributed by atoms with van der Waals surface area (Å²) in [7, 11) is 1.94. The van der Waals surface area contributed by atoms with Gasteiger partial charge in [-0.3, -0.25) is 9.69 Å². The average molecular weight is 338 g/mol. The van der Waals surface area contributed by atoms with Gasteiger partial charge in [0.2, 0.25) is 0 Å². The normalized spacial score (nSPS) is 28.1. The quantitative estimate of drug-likeness (QED) is 0.845. The van der Waals surface area contributed by atoms with Crippen molar-refractivity contribution in [2.45, 2.75) is 31.8 Å². The van der Waals surface area contributed by atoms with E-state index in [0.717, 1.165) is 16.9 Å². The molecule has 3 aliphatic rings. The molecule has 0 unspecified atom stereocenters. The van der Waals surface area contributed by atoms with Crippen LogP contribution < -0.4 is 11.1 Å². The Kier molecular flexibility index (Phi) is 4.04. The van der Waals surface area contributed by atoms with Crippen LogP contribution in [0.4, 0.5) is 5.69 Å². The highest BCUT2D eigenvalue weighted by Crippen LogP contribution is 2.32. The molecule has 1 amide bonds. The minimum Gasteiger partial charge on any atom is -0.399 e. The summed E-state index contributed by atoms with van der Waals surface area (Å²) >= 11 is 0. The molecule has 3 aliphatic heterocycles. The van der Waals surface area contributed by atoms with Crippen LogP contribution in [-0.2, 0) is 7.05 Å². The molecule has 2 bridgehead atoms. The first-order valence-corrected chi connectivity index (χ1v) is 9.11. The van der Waals surface area contributed by atoms with Crippen molar-refractivity contribution in [2.75, 3.05) is 18.8 Å². The molecule has 0 aliphatic carbocycles. The monoisotopic (exact) mass is 338 g/mol. The van der Waals surface area contributed by atoms with E-state index in [1.54, 1.807) is 0 Å². The highest BCUT2D eigenvalue weighted by atomic mass is 16.2. The maximum atomic E-state index is 12.9. The van der Waals surface area contributed by atoms with Crippen LogP contribution in [0.3, 0.4) is 0 Å². The molecule has 1 aromatic carbocycles. The summed E-state index contributed by atoms with van der Waals surface area (Å²) in [5.41, 5.74) is 9.34. The smallest absolute Gasteiger partial charge is 0.268 e. The second-order valence-corrected chi connectivity index (χ2v) is 7.40. The topological polar surface area (TPSA) is 63.3 Å². The molecule has 132 valence electrons. The van der Waals surface area contributed by atoms with Crippen LogP contribution in [0.2, 0.25) is 0 Å². The van der Waals surface area contributed by atoms with Gasteiger partial charge < -0.3 is 15.6 Å². The van der Waals surface area contributed by atoms with Gasteiger partial charge in [-0.25, -0.2) is 0 Å². The highest BCUT2D eigenvalue weighted by Gasteiger charge is 2.40. The molecule has 5 heteroatoms. The Hall–Kier alpha value is -2.27. The van der Waals surface area contributed by atoms with Crippen molar-refractivity contribution in [1.82, 2.24) is 14.8 Å². The third-order valence-corrected chi connectivity index (χ3v) is 6.01. The Morgan fingerprint density at radius 2 is 1.96 bits per heavy atom. The van der Waals surface area contributed by atoms with Gasteiger partial charge in [0, 0.05) is 36.1 Å². The van der Waals surface area contributed by atoms with Crippen molar-refractivity contribution in [3.63, 3.8) is 0 Å². The molecular weight excluding hydrogens is 312 g/mol. The third-order valence-electron chi connectivity index (χ3n) is 6.01. The SMILES string of the molecule is C[C@@H]1[C@H](NC(=O)c2ccc(-c3cccc(N)c3)n2C)C2CCN1CC2. The maximum Gasteiger partial charge on any atom is 0.268 e. The predicted molar refractivity (Wildman–Crippen MR) is 100 cm³/mol. The molecule has 25 heavy (non-hydrogen) atoms. The van der Waals surface area contributed by atoms with E-state index < -0.39 is 0 Å².